The Morgan fingerprint density at radius 2 is 1.16 bits per heavy atom. The molecular formula is C35H64O9. The summed E-state index contributed by atoms with van der Waals surface area (Å²) >= 11 is 0. The van der Waals surface area contributed by atoms with Crippen LogP contribution >= 0.6 is 0 Å². The predicted molar refractivity (Wildman–Crippen MR) is 170 cm³/mol. The molecule has 0 bridgehead atoms. The van der Waals surface area contributed by atoms with E-state index in [0.29, 0.717) is 25.0 Å². The second-order valence-electron chi connectivity index (χ2n) is 15.9. The fourth-order valence-corrected chi connectivity index (χ4v) is 5.54. The molecule has 1 aliphatic heterocycles. The van der Waals surface area contributed by atoms with E-state index in [-0.39, 0.29) is 30.4 Å². The minimum atomic E-state index is -0.935. The number of hydrogen-bond donors (Lipinski definition) is 1. The van der Waals surface area contributed by atoms with E-state index in [1.165, 1.54) is 6.42 Å². The van der Waals surface area contributed by atoms with Crippen molar-refractivity contribution in [3.63, 3.8) is 0 Å². The zero-order valence-electron chi connectivity index (χ0n) is 29.5. The summed E-state index contributed by atoms with van der Waals surface area (Å²) in [5, 5.41) is 9.62. The van der Waals surface area contributed by atoms with Crippen molar-refractivity contribution < 1.29 is 43.1 Å². The van der Waals surface area contributed by atoms with Gasteiger partial charge in [-0.15, -0.1) is 0 Å². The maximum absolute atomic E-state index is 12.3. The average Bonchev–Trinajstić information content (AvgIpc) is 2.90. The summed E-state index contributed by atoms with van der Waals surface area (Å²) in [5.74, 6) is 0.116. The molecule has 0 aromatic heterocycles. The third-order valence-corrected chi connectivity index (χ3v) is 8.11. The quantitative estimate of drug-likeness (QED) is 0.258. The van der Waals surface area contributed by atoms with E-state index >= 15 is 0 Å². The number of hydrogen-bond acceptors (Lipinski definition) is 9. The molecule has 0 aromatic rings. The van der Waals surface area contributed by atoms with Crippen LogP contribution in [-0.2, 0) is 38.0 Å². The molecule has 9 heteroatoms. The van der Waals surface area contributed by atoms with Gasteiger partial charge in [0.15, 0.2) is 17.5 Å². The van der Waals surface area contributed by atoms with Crippen LogP contribution in [0.5, 0.6) is 0 Å². The monoisotopic (exact) mass is 628 g/mol. The summed E-state index contributed by atoms with van der Waals surface area (Å²) in [6.07, 6.45) is 11.4. The van der Waals surface area contributed by atoms with E-state index < -0.39 is 22.4 Å². The molecule has 0 aromatic carbocycles. The Hall–Kier alpha value is -1.26. The molecule has 44 heavy (non-hydrogen) atoms. The van der Waals surface area contributed by atoms with E-state index in [4.69, 9.17) is 28.4 Å². The first kappa shape index (κ1) is 38.9. The van der Waals surface area contributed by atoms with E-state index in [9.17, 15) is 14.7 Å². The molecule has 1 unspecified atom stereocenters. The number of carbonyl (C=O) groups excluding carboxylic acids is 2. The lowest BCUT2D eigenvalue weighted by Crippen LogP contribution is -2.42. The van der Waals surface area contributed by atoms with Gasteiger partial charge in [-0.2, -0.15) is 0 Å². The summed E-state index contributed by atoms with van der Waals surface area (Å²) < 4.78 is 34.3. The maximum Gasteiger partial charge on any atom is 0.338 e. The van der Waals surface area contributed by atoms with Gasteiger partial charge in [0, 0.05) is 6.61 Å². The predicted octanol–water partition coefficient (Wildman–Crippen LogP) is 6.90. The molecule has 3 aliphatic rings. The van der Waals surface area contributed by atoms with Gasteiger partial charge in [-0.3, -0.25) is 0 Å². The molecule has 3 fully saturated rings. The SMILES string of the molecule is CC(C)(C)OC(=O)C(C)(C)OC[C@@H]1CCC[C@H](O)C1.CC(C)(C)OC(=O)C(C)(C)OC[C@@H]1CCC[C@H](OC2CCCCO2)C1. The van der Waals surface area contributed by atoms with Gasteiger partial charge in [0.25, 0.3) is 0 Å². The minimum Gasteiger partial charge on any atom is -0.458 e. The number of ether oxygens (including phenoxy) is 6. The first-order valence-corrected chi connectivity index (χ1v) is 17.0. The Labute approximate surface area is 267 Å². The second-order valence-corrected chi connectivity index (χ2v) is 15.9. The summed E-state index contributed by atoms with van der Waals surface area (Å²) in [4.78, 5) is 24.3. The van der Waals surface area contributed by atoms with Gasteiger partial charge in [0.05, 0.1) is 25.4 Å². The molecule has 3 rings (SSSR count). The van der Waals surface area contributed by atoms with Crippen molar-refractivity contribution in [1.29, 1.82) is 0 Å². The average molecular weight is 629 g/mol. The van der Waals surface area contributed by atoms with Crippen molar-refractivity contribution in [3.8, 4) is 0 Å². The molecule has 1 saturated heterocycles. The first-order valence-electron chi connectivity index (χ1n) is 17.0. The molecule has 1 heterocycles. The minimum absolute atomic E-state index is 0.0309. The zero-order valence-corrected chi connectivity index (χ0v) is 29.5. The summed E-state index contributed by atoms with van der Waals surface area (Å²) in [6.45, 7) is 20.1. The lowest BCUT2D eigenvalue weighted by atomic mass is 9.87. The van der Waals surface area contributed by atoms with Crippen LogP contribution in [0.3, 0.4) is 0 Å². The van der Waals surface area contributed by atoms with E-state index in [1.807, 2.05) is 41.5 Å². The number of carbonyl (C=O) groups is 2. The molecule has 5 atom stereocenters. The van der Waals surface area contributed by atoms with Crippen molar-refractivity contribution in [2.75, 3.05) is 19.8 Å². The summed E-state index contributed by atoms with van der Waals surface area (Å²) in [6, 6.07) is 0. The highest BCUT2D eigenvalue weighted by atomic mass is 16.7. The van der Waals surface area contributed by atoms with Gasteiger partial charge in [-0.05, 0) is 139 Å². The third-order valence-electron chi connectivity index (χ3n) is 8.11. The van der Waals surface area contributed by atoms with Crippen LogP contribution in [0, 0.1) is 11.8 Å². The van der Waals surface area contributed by atoms with Crippen LogP contribution in [0.4, 0.5) is 0 Å². The van der Waals surface area contributed by atoms with E-state index in [2.05, 4.69) is 0 Å². The van der Waals surface area contributed by atoms with Crippen molar-refractivity contribution in [3.05, 3.63) is 0 Å². The number of esters is 2. The Kier molecular flexibility index (Phi) is 15.1. The smallest absolute Gasteiger partial charge is 0.338 e. The molecule has 0 amide bonds. The summed E-state index contributed by atoms with van der Waals surface area (Å²) in [7, 11) is 0. The van der Waals surface area contributed by atoms with Crippen LogP contribution in [0.15, 0.2) is 0 Å². The highest BCUT2D eigenvalue weighted by Crippen LogP contribution is 2.31. The fraction of sp³-hybridized carbons (Fsp3) is 0.943. The molecule has 0 spiro atoms. The van der Waals surface area contributed by atoms with Crippen LogP contribution in [0.25, 0.3) is 0 Å². The Bertz CT molecular complexity index is 864. The zero-order chi connectivity index (χ0) is 33.2. The standard InChI is InChI=1S/C20H36O5.C15H28O4/c1-19(2,3)25-18(21)20(4,5)23-14-15-9-8-10-16(13-15)24-17-11-6-7-12-22-17;1-14(2,3)19-13(17)15(4,5)18-10-11-7-6-8-12(16)9-11/h15-17H,6-14H2,1-5H3;11-12,16H,6-10H2,1-5H3/t15-,16+,17?;11-,12+/m11/s1. The molecule has 9 nitrogen and oxygen atoms in total. The highest BCUT2D eigenvalue weighted by Gasteiger charge is 2.36. The Morgan fingerprint density at radius 1 is 0.659 bits per heavy atom. The van der Waals surface area contributed by atoms with Crippen LogP contribution in [-0.4, -0.2) is 77.8 Å². The highest BCUT2D eigenvalue weighted by molar-refractivity contribution is 5.79. The van der Waals surface area contributed by atoms with Crippen molar-refractivity contribution in [1.82, 2.24) is 0 Å². The third kappa shape index (κ3) is 15.4. The fourth-order valence-electron chi connectivity index (χ4n) is 5.54. The number of aliphatic hydroxyl groups excluding tert-OH is 1. The maximum atomic E-state index is 12.3. The Balaban J connectivity index is 0.000000319. The van der Waals surface area contributed by atoms with Gasteiger partial charge in [-0.25, -0.2) is 9.59 Å². The second kappa shape index (κ2) is 17.1. The topological polar surface area (TPSA) is 110 Å². The normalized spacial score (nSPS) is 27.1. The van der Waals surface area contributed by atoms with Gasteiger partial charge in [-0.1, -0.05) is 12.8 Å². The van der Waals surface area contributed by atoms with Gasteiger partial charge < -0.3 is 33.5 Å². The van der Waals surface area contributed by atoms with E-state index in [0.717, 1.165) is 70.8 Å². The van der Waals surface area contributed by atoms with Gasteiger partial charge in [0.1, 0.15) is 11.2 Å². The van der Waals surface area contributed by atoms with Gasteiger partial charge in [0.2, 0.25) is 0 Å². The Morgan fingerprint density at radius 3 is 1.61 bits per heavy atom. The molecule has 0 radical (unpaired) electrons. The lowest BCUT2D eigenvalue weighted by molar-refractivity contribution is -0.199. The molecule has 2 saturated carbocycles. The molecule has 1 N–H and O–H groups in total. The first-order chi connectivity index (χ1) is 20.3. The van der Waals surface area contributed by atoms with Crippen molar-refractivity contribution >= 4 is 11.9 Å². The number of rotatable bonds is 10. The lowest BCUT2D eigenvalue weighted by Gasteiger charge is -2.35. The van der Waals surface area contributed by atoms with Crippen LogP contribution in [0.2, 0.25) is 0 Å². The van der Waals surface area contributed by atoms with Crippen LogP contribution in [0.1, 0.15) is 140 Å². The van der Waals surface area contributed by atoms with Crippen LogP contribution < -0.4 is 0 Å². The molecule has 2 aliphatic carbocycles. The van der Waals surface area contributed by atoms with Gasteiger partial charge >= 0.3 is 11.9 Å². The number of aliphatic hydroxyl groups is 1. The van der Waals surface area contributed by atoms with Crippen molar-refractivity contribution in [2.45, 2.75) is 181 Å². The largest absolute Gasteiger partial charge is 0.458 e. The summed E-state index contributed by atoms with van der Waals surface area (Å²) in [5.41, 5.74) is -2.86. The van der Waals surface area contributed by atoms with Crippen molar-refractivity contribution in [2.24, 2.45) is 11.8 Å². The molecular weight excluding hydrogens is 564 g/mol. The molecule has 258 valence electrons. The van der Waals surface area contributed by atoms with E-state index in [1.54, 1.807) is 27.7 Å².